The van der Waals surface area contributed by atoms with Crippen molar-refractivity contribution in [2.45, 2.75) is 71.0 Å². The van der Waals surface area contributed by atoms with Crippen LogP contribution in [0.2, 0.25) is 0 Å². The van der Waals surface area contributed by atoms with Gasteiger partial charge in [-0.15, -0.1) is 0 Å². The molecule has 1 fully saturated rings. The number of ether oxygens (including phenoxy) is 1. The lowest BCUT2D eigenvalue weighted by molar-refractivity contribution is -0.153. The normalized spacial score (nSPS) is 21.6. The smallest absolute Gasteiger partial charge is 0.309 e. The lowest BCUT2D eigenvalue weighted by atomic mass is 9.76. The summed E-state index contributed by atoms with van der Waals surface area (Å²) >= 11 is 0. The fourth-order valence-corrected chi connectivity index (χ4v) is 2.72. The van der Waals surface area contributed by atoms with E-state index in [1.165, 1.54) is 0 Å². The van der Waals surface area contributed by atoms with Crippen LogP contribution in [0.1, 0.15) is 58.8 Å². The van der Waals surface area contributed by atoms with Gasteiger partial charge in [-0.2, -0.15) is 0 Å². The number of aliphatic hydroxyl groups is 1. The lowest BCUT2D eigenvalue weighted by Gasteiger charge is -2.30. The van der Waals surface area contributed by atoms with Crippen LogP contribution in [0.15, 0.2) is 0 Å². The molecule has 1 unspecified atom stereocenters. The molecule has 1 aliphatic carbocycles. The van der Waals surface area contributed by atoms with Gasteiger partial charge in [0, 0.05) is 0 Å². The van der Waals surface area contributed by atoms with Crippen LogP contribution >= 0.6 is 0 Å². The zero-order chi connectivity index (χ0) is 13.6. The molecule has 4 heteroatoms. The van der Waals surface area contributed by atoms with E-state index >= 15 is 0 Å². The van der Waals surface area contributed by atoms with Crippen LogP contribution in [0.4, 0.5) is 0 Å². The third kappa shape index (κ3) is 4.58. The third-order valence-corrected chi connectivity index (χ3v) is 3.76. The standard InChI is InChI=1S/C14H26O4/c1-11(2)18-10-12(15)9-14(13(16)17)7-5-3-4-6-8-14/h11-12,15H,3-10H2,1-2H3,(H,16,17). The first-order valence-corrected chi connectivity index (χ1v) is 6.99. The Morgan fingerprint density at radius 1 is 1.22 bits per heavy atom. The summed E-state index contributed by atoms with van der Waals surface area (Å²) in [4.78, 5) is 11.6. The van der Waals surface area contributed by atoms with Crippen LogP contribution in [0, 0.1) is 5.41 Å². The van der Waals surface area contributed by atoms with E-state index in [0.717, 1.165) is 25.7 Å². The van der Waals surface area contributed by atoms with E-state index in [2.05, 4.69) is 0 Å². The number of hydrogen-bond donors (Lipinski definition) is 2. The van der Waals surface area contributed by atoms with Crippen molar-refractivity contribution in [1.82, 2.24) is 0 Å². The molecule has 1 saturated carbocycles. The van der Waals surface area contributed by atoms with E-state index in [1.54, 1.807) is 0 Å². The van der Waals surface area contributed by atoms with Crippen molar-refractivity contribution in [3.05, 3.63) is 0 Å². The zero-order valence-electron chi connectivity index (χ0n) is 11.5. The van der Waals surface area contributed by atoms with E-state index in [0.29, 0.717) is 19.3 Å². The number of carbonyl (C=O) groups is 1. The van der Waals surface area contributed by atoms with Gasteiger partial charge >= 0.3 is 5.97 Å². The Labute approximate surface area is 109 Å². The molecular formula is C14H26O4. The fraction of sp³-hybridized carbons (Fsp3) is 0.929. The Morgan fingerprint density at radius 3 is 2.22 bits per heavy atom. The Bertz CT molecular complexity index is 255. The average molecular weight is 258 g/mol. The molecule has 2 N–H and O–H groups in total. The minimum absolute atomic E-state index is 0.0644. The molecule has 1 atom stereocenters. The Kier molecular flexibility index (Phi) is 6.09. The van der Waals surface area contributed by atoms with E-state index in [4.69, 9.17) is 4.74 Å². The van der Waals surface area contributed by atoms with Crippen molar-refractivity contribution in [2.24, 2.45) is 5.41 Å². The van der Waals surface area contributed by atoms with Crippen LogP contribution in [0.25, 0.3) is 0 Å². The maximum atomic E-state index is 11.6. The van der Waals surface area contributed by atoms with Crippen molar-refractivity contribution in [2.75, 3.05) is 6.61 Å². The van der Waals surface area contributed by atoms with Gasteiger partial charge in [0.05, 0.1) is 24.2 Å². The van der Waals surface area contributed by atoms with Gasteiger partial charge in [0.1, 0.15) is 0 Å². The SMILES string of the molecule is CC(C)OCC(O)CC1(C(=O)O)CCCCCC1. The first kappa shape index (κ1) is 15.4. The van der Waals surface area contributed by atoms with Gasteiger partial charge in [-0.05, 0) is 33.1 Å². The Balaban J connectivity index is 2.58. The first-order valence-electron chi connectivity index (χ1n) is 6.99. The van der Waals surface area contributed by atoms with Gasteiger partial charge in [-0.25, -0.2) is 0 Å². The van der Waals surface area contributed by atoms with E-state index in [9.17, 15) is 15.0 Å². The topological polar surface area (TPSA) is 66.8 Å². The van der Waals surface area contributed by atoms with Gasteiger partial charge in [0.25, 0.3) is 0 Å². The molecule has 1 rings (SSSR count). The molecule has 0 amide bonds. The lowest BCUT2D eigenvalue weighted by Crippen LogP contribution is -2.36. The summed E-state index contributed by atoms with van der Waals surface area (Å²) in [6.07, 6.45) is 5.17. The molecule has 0 heterocycles. The van der Waals surface area contributed by atoms with Gasteiger partial charge in [-0.3, -0.25) is 4.79 Å². The molecule has 18 heavy (non-hydrogen) atoms. The molecule has 0 aromatic heterocycles. The predicted octanol–water partition coefficient (Wildman–Crippen LogP) is 2.59. The molecule has 0 saturated heterocycles. The van der Waals surface area contributed by atoms with Crippen LogP contribution < -0.4 is 0 Å². The highest BCUT2D eigenvalue weighted by molar-refractivity contribution is 5.74. The molecular weight excluding hydrogens is 232 g/mol. The van der Waals surface area contributed by atoms with Crippen LogP contribution in [0.5, 0.6) is 0 Å². The van der Waals surface area contributed by atoms with Crippen LogP contribution in [0.3, 0.4) is 0 Å². The van der Waals surface area contributed by atoms with Crippen molar-refractivity contribution in [1.29, 1.82) is 0 Å². The van der Waals surface area contributed by atoms with Crippen LogP contribution in [-0.2, 0) is 9.53 Å². The molecule has 1 aliphatic rings. The first-order chi connectivity index (χ1) is 8.46. The molecule has 0 radical (unpaired) electrons. The van der Waals surface area contributed by atoms with Crippen molar-refractivity contribution >= 4 is 5.97 Å². The van der Waals surface area contributed by atoms with Gasteiger partial charge in [-0.1, -0.05) is 25.7 Å². The predicted molar refractivity (Wildman–Crippen MR) is 69.5 cm³/mol. The molecule has 0 spiro atoms. The molecule has 106 valence electrons. The molecule has 0 aliphatic heterocycles. The van der Waals surface area contributed by atoms with E-state index in [1.807, 2.05) is 13.8 Å². The molecule has 0 aromatic carbocycles. The molecule has 0 aromatic rings. The summed E-state index contributed by atoms with van der Waals surface area (Å²) in [5.41, 5.74) is -0.740. The number of aliphatic carboxylic acids is 1. The highest BCUT2D eigenvalue weighted by Gasteiger charge is 2.40. The maximum Gasteiger partial charge on any atom is 0.309 e. The monoisotopic (exact) mass is 258 g/mol. The molecule has 4 nitrogen and oxygen atoms in total. The van der Waals surface area contributed by atoms with Gasteiger partial charge < -0.3 is 14.9 Å². The highest BCUT2D eigenvalue weighted by atomic mass is 16.5. The second kappa shape index (κ2) is 7.10. The number of hydrogen-bond acceptors (Lipinski definition) is 3. The van der Waals surface area contributed by atoms with Gasteiger partial charge in [0.2, 0.25) is 0 Å². The highest BCUT2D eigenvalue weighted by Crippen LogP contribution is 2.39. The summed E-state index contributed by atoms with van der Waals surface area (Å²) in [7, 11) is 0. The average Bonchev–Trinajstić information content (AvgIpc) is 2.53. The maximum absolute atomic E-state index is 11.6. The summed E-state index contributed by atoms with van der Waals surface area (Å²) in [5.74, 6) is -0.756. The van der Waals surface area contributed by atoms with Crippen molar-refractivity contribution in [3.63, 3.8) is 0 Å². The summed E-state index contributed by atoms with van der Waals surface area (Å²) in [6.45, 7) is 4.05. The van der Waals surface area contributed by atoms with Crippen molar-refractivity contribution < 1.29 is 19.7 Å². The second-order valence-corrected chi connectivity index (χ2v) is 5.74. The number of carboxylic acids is 1. The number of aliphatic hydroxyl groups excluding tert-OH is 1. The summed E-state index contributed by atoms with van der Waals surface area (Å²) < 4.78 is 5.36. The van der Waals surface area contributed by atoms with E-state index in [-0.39, 0.29) is 12.7 Å². The summed E-state index contributed by atoms with van der Waals surface area (Å²) in [5, 5.41) is 19.5. The van der Waals surface area contributed by atoms with Crippen LogP contribution in [-0.4, -0.2) is 35.0 Å². The minimum atomic E-state index is -0.756. The minimum Gasteiger partial charge on any atom is -0.481 e. The zero-order valence-corrected chi connectivity index (χ0v) is 11.5. The second-order valence-electron chi connectivity index (χ2n) is 5.74. The largest absolute Gasteiger partial charge is 0.481 e. The van der Waals surface area contributed by atoms with Crippen molar-refractivity contribution in [3.8, 4) is 0 Å². The van der Waals surface area contributed by atoms with Gasteiger partial charge in [0.15, 0.2) is 0 Å². The third-order valence-electron chi connectivity index (χ3n) is 3.76. The summed E-state index contributed by atoms with van der Waals surface area (Å²) in [6, 6.07) is 0. The molecule has 0 bridgehead atoms. The number of rotatable bonds is 6. The Morgan fingerprint density at radius 2 is 1.78 bits per heavy atom. The van der Waals surface area contributed by atoms with E-state index < -0.39 is 17.5 Å². The quantitative estimate of drug-likeness (QED) is 0.719. The fourth-order valence-electron chi connectivity index (χ4n) is 2.72. The Hall–Kier alpha value is -0.610. The number of carboxylic acid groups (broad SMARTS) is 1.